The van der Waals surface area contributed by atoms with Crippen molar-refractivity contribution in [3.05, 3.63) is 35.6 Å². The summed E-state index contributed by atoms with van der Waals surface area (Å²) in [5.74, 6) is -0.690. The van der Waals surface area contributed by atoms with Crippen molar-refractivity contribution >= 4 is 5.91 Å². The molecule has 3 nitrogen and oxygen atoms in total. The van der Waals surface area contributed by atoms with Crippen LogP contribution >= 0.6 is 0 Å². The SMILES string of the molecule is CC(C)CC(O)CNC(=O)c1ccccc1F. The van der Waals surface area contributed by atoms with Crippen LogP contribution in [0.3, 0.4) is 0 Å². The van der Waals surface area contributed by atoms with Crippen LogP contribution in [0.25, 0.3) is 0 Å². The number of carbonyl (C=O) groups excluding carboxylic acids is 1. The molecule has 0 radical (unpaired) electrons. The predicted molar refractivity (Wildman–Crippen MR) is 64.2 cm³/mol. The van der Waals surface area contributed by atoms with E-state index in [4.69, 9.17) is 0 Å². The quantitative estimate of drug-likeness (QED) is 0.825. The Labute approximate surface area is 101 Å². The number of halogens is 1. The summed E-state index contributed by atoms with van der Waals surface area (Å²) in [6.45, 7) is 4.12. The van der Waals surface area contributed by atoms with Crippen molar-refractivity contribution in [3.8, 4) is 0 Å². The molecule has 0 saturated carbocycles. The van der Waals surface area contributed by atoms with E-state index in [1.807, 2.05) is 13.8 Å². The van der Waals surface area contributed by atoms with E-state index in [1.54, 1.807) is 6.07 Å². The Hall–Kier alpha value is -1.42. The zero-order valence-corrected chi connectivity index (χ0v) is 10.1. The first-order chi connectivity index (χ1) is 8.00. The number of amides is 1. The predicted octanol–water partition coefficient (Wildman–Crippen LogP) is 1.96. The summed E-state index contributed by atoms with van der Waals surface area (Å²) in [7, 11) is 0. The molecule has 1 unspecified atom stereocenters. The van der Waals surface area contributed by atoms with Crippen molar-refractivity contribution in [1.29, 1.82) is 0 Å². The van der Waals surface area contributed by atoms with Crippen molar-refractivity contribution < 1.29 is 14.3 Å². The number of aliphatic hydroxyl groups excluding tert-OH is 1. The molecule has 0 aliphatic heterocycles. The molecule has 0 bridgehead atoms. The van der Waals surface area contributed by atoms with E-state index in [1.165, 1.54) is 18.2 Å². The van der Waals surface area contributed by atoms with Crippen LogP contribution in [0.4, 0.5) is 4.39 Å². The fraction of sp³-hybridized carbons (Fsp3) is 0.462. The highest BCUT2D eigenvalue weighted by atomic mass is 19.1. The highest BCUT2D eigenvalue weighted by Gasteiger charge is 2.13. The monoisotopic (exact) mass is 239 g/mol. The molecule has 0 aliphatic carbocycles. The Morgan fingerprint density at radius 1 is 1.41 bits per heavy atom. The number of aliphatic hydroxyl groups is 1. The molecule has 17 heavy (non-hydrogen) atoms. The molecule has 1 amide bonds. The van der Waals surface area contributed by atoms with Gasteiger partial charge in [-0.3, -0.25) is 4.79 Å². The van der Waals surface area contributed by atoms with E-state index >= 15 is 0 Å². The second kappa shape index (κ2) is 6.35. The summed E-state index contributed by atoms with van der Waals surface area (Å²) < 4.78 is 13.3. The van der Waals surface area contributed by atoms with Gasteiger partial charge in [0, 0.05) is 6.54 Å². The van der Waals surface area contributed by atoms with E-state index in [9.17, 15) is 14.3 Å². The number of hydrogen-bond acceptors (Lipinski definition) is 2. The molecule has 1 aromatic carbocycles. The lowest BCUT2D eigenvalue weighted by molar-refractivity contribution is 0.0896. The Kier molecular flexibility index (Phi) is 5.10. The third-order valence-corrected chi connectivity index (χ3v) is 2.36. The van der Waals surface area contributed by atoms with Gasteiger partial charge in [0.1, 0.15) is 5.82 Å². The van der Waals surface area contributed by atoms with E-state index in [-0.39, 0.29) is 12.1 Å². The van der Waals surface area contributed by atoms with Gasteiger partial charge in [0.15, 0.2) is 0 Å². The third kappa shape index (κ3) is 4.53. The van der Waals surface area contributed by atoms with Crippen LogP contribution in [-0.2, 0) is 0 Å². The molecule has 1 aromatic rings. The minimum absolute atomic E-state index is 0.00393. The molecule has 0 fully saturated rings. The lowest BCUT2D eigenvalue weighted by Gasteiger charge is -2.13. The molecule has 0 spiro atoms. The standard InChI is InChI=1S/C13H18FNO2/c1-9(2)7-10(16)8-15-13(17)11-5-3-4-6-12(11)14/h3-6,9-10,16H,7-8H2,1-2H3,(H,15,17). The molecule has 94 valence electrons. The van der Waals surface area contributed by atoms with E-state index < -0.39 is 17.8 Å². The summed E-state index contributed by atoms with van der Waals surface area (Å²) in [6.07, 6.45) is 0.0168. The first kappa shape index (κ1) is 13.6. The van der Waals surface area contributed by atoms with E-state index in [0.717, 1.165) is 0 Å². The van der Waals surface area contributed by atoms with Crippen molar-refractivity contribution in [2.45, 2.75) is 26.4 Å². The number of rotatable bonds is 5. The van der Waals surface area contributed by atoms with Crippen LogP contribution in [0.15, 0.2) is 24.3 Å². The Balaban J connectivity index is 2.48. The fourth-order valence-electron chi connectivity index (χ4n) is 1.58. The van der Waals surface area contributed by atoms with Gasteiger partial charge in [0.05, 0.1) is 11.7 Å². The summed E-state index contributed by atoms with van der Waals surface area (Å²) >= 11 is 0. The average Bonchev–Trinajstić information content (AvgIpc) is 2.25. The average molecular weight is 239 g/mol. The molecule has 0 heterocycles. The minimum Gasteiger partial charge on any atom is -0.391 e. The maximum atomic E-state index is 13.3. The zero-order valence-electron chi connectivity index (χ0n) is 10.1. The van der Waals surface area contributed by atoms with Crippen molar-refractivity contribution in [3.63, 3.8) is 0 Å². The van der Waals surface area contributed by atoms with Gasteiger partial charge in [-0.25, -0.2) is 4.39 Å². The number of benzene rings is 1. The smallest absolute Gasteiger partial charge is 0.254 e. The van der Waals surface area contributed by atoms with Crippen molar-refractivity contribution in [1.82, 2.24) is 5.32 Å². The lowest BCUT2D eigenvalue weighted by atomic mass is 10.1. The van der Waals surface area contributed by atoms with Crippen LogP contribution in [0, 0.1) is 11.7 Å². The van der Waals surface area contributed by atoms with Gasteiger partial charge in [-0.05, 0) is 24.5 Å². The van der Waals surface area contributed by atoms with Crippen LogP contribution in [0.5, 0.6) is 0 Å². The van der Waals surface area contributed by atoms with Crippen LogP contribution < -0.4 is 5.32 Å². The molecule has 1 rings (SSSR count). The van der Waals surface area contributed by atoms with Gasteiger partial charge < -0.3 is 10.4 Å². The molecule has 0 aromatic heterocycles. The van der Waals surface area contributed by atoms with Gasteiger partial charge >= 0.3 is 0 Å². The normalized spacial score (nSPS) is 12.5. The molecular formula is C13H18FNO2. The second-order valence-corrected chi connectivity index (χ2v) is 4.47. The van der Waals surface area contributed by atoms with Crippen LogP contribution in [-0.4, -0.2) is 23.7 Å². The molecular weight excluding hydrogens is 221 g/mol. The summed E-state index contributed by atoms with van der Waals surface area (Å²) in [5.41, 5.74) is 0.00393. The zero-order chi connectivity index (χ0) is 12.8. The largest absolute Gasteiger partial charge is 0.391 e. The van der Waals surface area contributed by atoms with Crippen LogP contribution in [0.1, 0.15) is 30.6 Å². The van der Waals surface area contributed by atoms with Crippen molar-refractivity contribution in [2.24, 2.45) is 5.92 Å². The molecule has 0 saturated heterocycles. The Morgan fingerprint density at radius 2 is 2.06 bits per heavy atom. The minimum atomic E-state index is -0.592. The number of carbonyl (C=O) groups is 1. The van der Waals surface area contributed by atoms with Gasteiger partial charge in [-0.1, -0.05) is 26.0 Å². The molecule has 4 heteroatoms. The lowest BCUT2D eigenvalue weighted by Crippen LogP contribution is -2.33. The number of hydrogen-bond donors (Lipinski definition) is 2. The topological polar surface area (TPSA) is 49.3 Å². The Morgan fingerprint density at radius 3 is 2.65 bits per heavy atom. The fourth-order valence-corrected chi connectivity index (χ4v) is 1.58. The first-order valence-corrected chi connectivity index (χ1v) is 5.71. The first-order valence-electron chi connectivity index (χ1n) is 5.71. The highest BCUT2D eigenvalue weighted by Crippen LogP contribution is 2.07. The Bertz CT molecular complexity index is 379. The number of nitrogens with one attached hydrogen (secondary N) is 1. The second-order valence-electron chi connectivity index (χ2n) is 4.47. The van der Waals surface area contributed by atoms with Crippen LogP contribution in [0.2, 0.25) is 0 Å². The highest BCUT2D eigenvalue weighted by molar-refractivity contribution is 5.94. The maximum Gasteiger partial charge on any atom is 0.254 e. The van der Waals surface area contributed by atoms with Crippen molar-refractivity contribution in [2.75, 3.05) is 6.54 Å². The molecule has 2 N–H and O–H groups in total. The third-order valence-electron chi connectivity index (χ3n) is 2.36. The van der Waals surface area contributed by atoms with Gasteiger partial charge in [-0.15, -0.1) is 0 Å². The molecule has 1 atom stereocenters. The summed E-state index contributed by atoms with van der Waals surface area (Å²) in [6, 6.07) is 5.78. The summed E-state index contributed by atoms with van der Waals surface area (Å²) in [4.78, 5) is 11.6. The molecule has 0 aliphatic rings. The van der Waals surface area contributed by atoms with Gasteiger partial charge in [0.2, 0.25) is 0 Å². The van der Waals surface area contributed by atoms with E-state index in [0.29, 0.717) is 12.3 Å². The van der Waals surface area contributed by atoms with Gasteiger partial charge in [-0.2, -0.15) is 0 Å². The maximum absolute atomic E-state index is 13.3. The summed E-state index contributed by atoms with van der Waals surface area (Å²) in [5, 5.41) is 12.1. The van der Waals surface area contributed by atoms with Gasteiger partial charge in [0.25, 0.3) is 5.91 Å². The van der Waals surface area contributed by atoms with E-state index in [2.05, 4.69) is 5.32 Å².